The summed E-state index contributed by atoms with van der Waals surface area (Å²) in [5, 5.41) is 3.71. The first-order valence-corrected chi connectivity index (χ1v) is 7.20. The van der Waals surface area contributed by atoms with E-state index in [0.29, 0.717) is 12.6 Å². The Morgan fingerprint density at radius 1 is 0.850 bits per heavy atom. The van der Waals surface area contributed by atoms with Crippen molar-refractivity contribution in [1.82, 2.24) is 5.32 Å². The van der Waals surface area contributed by atoms with E-state index in [1.54, 1.807) is 7.11 Å². The van der Waals surface area contributed by atoms with Gasteiger partial charge in [-0.2, -0.15) is 0 Å². The van der Waals surface area contributed by atoms with Crippen molar-refractivity contribution in [2.24, 2.45) is 0 Å². The summed E-state index contributed by atoms with van der Waals surface area (Å²) in [4.78, 5) is 0. The standard InChI is InChI=1S/C18H23NO/c1-3-17(15-10-6-4-7-11-15)19-18(14-20-2)16-12-8-5-9-13-16/h4-13,17-19H,3,14H2,1-2H3/t17-,18+/m1/s1. The molecule has 0 aliphatic rings. The first kappa shape index (κ1) is 14.8. The molecular weight excluding hydrogens is 246 g/mol. The molecule has 0 radical (unpaired) electrons. The van der Waals surface area contributed by atoms with Gasteiger partial charge in [-0.15, -0.1) is 0 Å². The fourth-order valence-corrected chi connectivity index (χ4v) is 2.47. The zero-order valence-corrected chi connectivity index (χ0v) is 12.3. The van der Waals surface area contributed by atoms with Gasteiger partial charge >= 0.3 is 0 Å². The molecule has 2 rings (SSSR count). The molecule has 0 aliphatic heterocycles. The highest BCUT2D eigenvalue weighted by Gasteiger charge is 2.16. The van der Waals surface area contributed by atoms with E-state index in [1.807, 2.05) is 6.07 Å². The summed E-state index contributed by atoms with van der Waals surface area (Å²) in [6, 6.07) is 21.6. The largest absolute Gasteiger partial charge is 0.383 e. The van der Waals surface area contributed by atoms with Gasteiger partial charge in [-0.3, -0.25) is 0 Å². The lowest BCUT2D eigenvalue weighted by molar-refractivity contribution is 0.160. The smallest absolute Gasteiger partial charge is 0.0657 e. The fraction of sp³-hybridized carbons (Fsp3) is 0.333. The third-order valence-corrected chi connectivity index (χ3v) is 3.55. The van der Waals surface area contributed by atoms with E-state index in [9.17, 15) is 0 Å². The van der Waals surface area contributed by atoms with E-state index >= 15 is 0 Å². The summed E-state index contributed by atoms with van der Waals surface area (Å²) in [6.45, 7) is 2.88. The molecule has 0 fully saturated rings. The van der Waals surface area contributed by atoms with Gasteiger partial charge < -0.3 is 10.1 Å². The number of ether oxygens (including phenoxy) is 1. The van der Waals surface area contributed by atoms with Crippen molar-refractivity contribution in [3.05, 3.63) is 71.8 Å². The lowest BCUT2D eigenvalue weighted by Crippen LogP contribution is -2.29. The molecule has 0 bridgehead atoms. The zero-order valence-electron chi connectivity index (χ0n) is 12.3. The topological polar surface area (TPSA) is 21.3 Å². The molecule has 2 atom stereocenters. The second-order valence-electron chi connectivity index (χ2n) is 4.96. The first-order chi connectivity index (χ1) is 9.85. The Morgan fingerprint density at radius 2 is 1.35 bits per heavy atom. The van der Waals surface area contributed by atoms with Crippen LogP contribution in [0.15, 0.2) is 60.7 Å². The minimum atomic E-state index is 0.214. The van der Waals surface area contributed by atoms with Gasteiger partial charge in [-0.05, 0) is 17.5 Å². The third-order valence-electron chi connectivity index (χ3n) is 3.55. The van der Waals surface area contributed by atoms with Gasteiger partial charge in [0.2, 0.25) is 0 Å². The normalized spacial score (nSPS) is 13.9. The molecule has 106 valence electrons. The third kappa shape index (κ3) is 3.92. The van der Waals surface area contributed by atoms with Crippen LogP contribution in [0.2, 0.25) is 0 Å². The maximum Gasteiger partial charge on any atom is 0.0657 e. The SMILES string of the molecule is CC[C@@H](N[C@@H](COC)c1ccccc1)c1ccccc1. The number of benzene rings is 2. The minimum Gasteiger partial charge on any atom is -0.383 e. The molecule has 0 saturated heterocycles. The Balaban J connectivity index is 2.14. The lowest BCUT2D eigenvalue weighted by Gasteiger charge is -2.25. The molecule has 2 heteroatoms. The van der Waals surface area contributed by atoms with Crippen LogP contribution in [0.5, 0.6) is 0 Å². The number of hydrogen-bond donors (Lipinski definition) is 1. The van der Waals surface area contributed by atoms with E-state index in [-0.39, 0.29) is 6.04 Å². The van der Waals surface area contributed by atoms with Crippen molar-refractivity contribution >= 4 is 0 Å². The van der Waals surface area contributed by atoms with Gasteiger partial charge in [-0.1, -0.05) is 67.6 Å². The zero-order chi connectivity index (χ0) is 14.2. The van der Waals surface area contributed by atoms with Gasteiger partial charge in [0.05, 0.1) is 12.6 Å². The summed E-state index contributed by atoms with van der Waals surface area (Å²) in [6.07, 6.45) is 1.05. The monoisotopic (exact) mass is 269 g/mol. The molecule has 1 N–H and O–H groups in total. The van der Waals surface area contributed by atoms with E-state index in [1.165, 1.54) is 11.1 Å². The van der Waals surface area contributed by atoms with Crippen molar-refractivity contribution in [3.8, 4) is 0 Å². The summed E-state index contributed by atoms with van der Waals surface area (Å²) in [5.74, 6) is 0. The minimum absolute atomic E-state index is 0.214. The molecule has 0 saturated carbocycles. The van der Waals surface area contributed by atoms with Crippen LogP contribution in [0, 0.1) is 0 Å². The number of methoxy groups -OCH3 is 1. The summed E-state index contributed by atoms with van der Waals surface area (Å²) < 4.78 is 5.38. The lowest BCUT2D eigenvalue weighted by atomic mass is 10.0. The van der Waals surface area contributed by atoms with Crippen molar-refractivity contribution in [1.29, 1.82) is 0 Å². The molecular formula is C18H23NO. The Kier molecular flexibility index (Phi) is 5.78. The van der Waals surface area contributed by atoms with E-state index in [0.717, 1.165) is 6.42 Å². The van der Waals surface area contributed by atoms with Crippen LogP contribution in [0.1, 0.15) is 36.6 Å². The molecule has 20 heavy (non-hydrogen) atoms. The van der Waals surface area contributed by atoms with Gasteiger partial charge in [-0.25, -0.2) is 0 Å². The average Bonchev–Trinajstić information content (AvgIpc) is 2.53. The number of hydrogen-bond acceptors (Lipinski definition) is 2. The van der Waals surface area contributed by atoms with Gasteiger partial charge in [0.1, 0.15) is 0 Å². The summed E-state index contributed by atoms with van der Waals surface area (Å²) in [7, 11) is 1.75. The van der Waals surface area contributed by atoms with Crippen LogP contribution in [0.4, 0.5) is 0 Å². The van der Waals surface area contributed by atoms with Gasteiger partial charge in [0, 0.05) is 13.2 Å². The molecule has 2 aromatic rings. The number of rotatable bonds is 7. The maximum absolute atomic E-state index is 5.38. The predicted molar refractivity (Wildman–Crippen MR) is 83.7 cm³/mol. The number of nitrogens with one attached hydrogen (secondary N) is 1. The van der Waals surface area contributed by atoms with Crippen molar-refractivity contribution in [2.75, 3.05) is 13.7 Å². The van der Waals surface area contributed by atoms with Crippen LogP contribution in [0.25, 0.3) is 0 Å². The maximum atomic E-state index is 5.38. The second-order valence-corrected chi connectivity index (χ2v) is 4.96. The second kappa shape index (κ2) is 7.83. The van der Waals surface area contributed by atoms with Crippen molar-refractivity contribution in [3.63, 3.8) is 0 Å². The molecule has 2 aromatic carbocycles. The van der Waals surface area contributed by atoms with E-state index in [4.69, 9.17) is 4.74 Å². The Hall–Kier alpha value is -1.64. The van der Waals surface area contributed by atoms with Crippen LogP contribution < -0.4 is 5.32 Å². The molecule has 0 unspecified atom stereocenters. The Morgan fingerprint density at radius 3 is 1.80 bits per heavy atom. The molecule has 0 spiro atoms. The van der Waals surface area contributed by atoms with Gasteiger partial charge in [0.25, 0.3) is 0 Å². The molecule has 0 amide bonds. The molecule has 2 nitrogen and oxygen atoms in total. The summed E-state index contributed by atoms with van der Waals surface area (Å²) >= 11 is 0. The van der Waals surface area contributed by atoms with Crippen molar-refractivity contribution in [2.45, 2.75) is 25.4 Å². The Bertz CT molecular complexity index is 483. The molecule has 0 heterocycles. The molecule has 0 aromatic heterocycles. The van der Waals surface area contributed by atoms with E-state index in [2.05, 4.69) is 66.8 Å². The van der Waals surface area contributed by atoms with Crippen LogP contribution >= 0.6 is 0 Å². The fourth-order valence-electron chi connectivity index (χ4n) is 2.47. The van der Waals surface area contributed by atoms with Crippen LogP contribution in [0.3, 0.4) is 0 Å². The first-order valence-electron chi connectivity index (χ1n) is 7.20. The Labute approximate surface area is 121 Å². The van der Waals surface area contributed by atoms with E-state index < -0.39 is 0 Å². The van der Waals surface area contributed by atoms with Crippen LogP contribution in [-0.2, 0) is 4.74 Å². The average molecular weight is 269 g/mol. The quantitative estimate of drug-likeness (QED) is 0.816. The van der Waals surface area contributed by atoms with Crippen LogP contribution in [-0.4, -0.2) is 13.7 Å². The predicted octanol–water partition coefficient (Wildman–Crippen LogP) is 4.12. The van der Waals surface area contributed by atoms with Gasteiger partial charge in [0.15, 0.2) is 0 Å². The highest BCUT2D eigenvalue weighted by atomic mass is 16.5. The highest BCUT2D eigenvalue weighted by Crippen LogP contribution is 2.22. The van der Waals surface area contributed by atoms with Crippen molar-refractivity contribution < 1.29 is 4.74 Å². The summed E-state index contributed by atoms with van der Waals surface area (Å²) in [5.41, 5.74) is 2.59. The highest BCUT2D eigenvalue weighted by molar-refractivity contribution is 5.22. The molecule has 0 aliphatic carbocycles.